The van der Waals surface area contributed by atoms with Crippen molar-refractivity contribution in [2.45, 2.75) is 6.54 Å². The molecule has 0 radical (unpaired) electrons. The van der Waals surface area contributed by atoms with Crippen LogP contribution in [0.15, 0.2) is 12.1 Å². The van der Waals surface area contributed by atoms with Gasteiger partial charge in [-0.1, -0.05) is 17.3 Å². The lowest BCUT2D eigenvalue weighted by atomic mass is 10.3. The molecule has 0 atom stereocenters. The summed E-state index contributed by atoms with van der Waals surface area (Å²) in [6.07, 6.45) is 5.29. The minimum Gasteiger partial charge on any atom is -0.454 e. The van der Waals surface area contributed by atoms with Crippen LogP contribution >= 0.6 is 11.3 Å². The molecule has 2 aromatic rings. The first-order valence-electron chi connectivity index (χ1n) is 4.70. The lowest BCUT2D eigenvalue weighted by molar-refractivity contribution is 0.174. The first-order chi connectivity index (χ1) is 7.79. The van der Waals surface area contributed by atoms with E-state index in [4.69, 9.17) is 21.3 Å². The van der Waals surface area contributed by atoms with Crippen LogP contribution < -0.4 is 14.3 Å². The molecule has 0 amide bonds. The number of fused-ring (bicyclic) bond motifs is 2. The predicted octanol–water partition coefficient (Wildman–Crippen LogP) is 1.54. The second-order valence-electron chi connectivity index (χ2n) is 3.37. The number of ether oxygens (including phenoxy) is 2. The van der Waals surface area contributed by atoms with E-state index < -0.39 is 0 Å². The highest BCUT2D eigenvalue weighted by molar-refractivity contribution is 7.16. The number of thiazole rings is 1. The van der Waals surface area contributed by atoms with E-state index in [9.17, 15) is 0 Å². The van der Waals surface area contributed by atoms with Crippen LogP contribution in [0.2, 0.25) is 0 Å². The van der Waals surface area contributed by atoms with Crippen LogP contribution in [0.3, 0.4) is 0 Å². The fraction of sp³-hybridized carbons (Fsp3) is 0.182. The van der Waals surface area contributed by atoms with Gasteiger partial charge in [0.05, 0.1) is 16.8 Å². The Bertz CT molecular complexity index is 663. The molecule has 0 bridgehead atoms. The Morgan fingerprint density at radius 1 is 1.44 bits per heavy atom. The maximum absolute atomic E-state index is 7.82. The molecular formula is C11H8N2O2S. The molecule has 1 aliphatic heterocycles. The maximum Gasteiger partial charge on any atom is 0.231 e. The highest BCUT2D eigenvalue weighted by atomic mass is 32.1. The number of aromatic nitrogens is 1. The van der Waals surface area contributed by atoms with E-state index in [1.807, 2.05) is 12.1 Å². The van der Waals surface area contributed by atoms with Crippen LogP contribution in [0.1, 0.15) is 0 Å². The lowest BCUT2D eigenvalue weighted by Gasteiger charge is -2.00. The van der Waals surface area contributed by atoms with Crippen LogP contribution in [0.4, 0.5) is 0 Å². The van der Waals surface area contributed by atoms with Gasteiger partial charge in [0.15, 0.2) is 16.3 Å². The van der Waals surface area contributed by atoms with E-state index in [1.165, 1.54) is 11.3 Å². The van der Waals surface area contributed by atoms with Gasteiger partial charge in [-0.25, -0.2) is 0 Å². The van der Waals surface area contributed by atoms with Gasteiger partial charge in [-0.2, -0.15) is 0 Å². The second-order valence-corrected chi connectivity index (χ2v) is 4.40. The highest BCUT2D eigenvalue weighted by Crippen LogP contribution is 2.36. The summed E-state index contributed by atoms with van der Waals surface area (Å²) in [5, 5.41) is 7.82. The van der Waals surface area contributed by atoms with Gasteiger partial charge >= 0.3 is 0 Å². The van der Waals surface area contributed by atoms with Crippen molar-refractivity contribution in [2.75, 3.05) is 6.79 Å². The molecule has 0 aliphatic carbocycles. The highest BCUT2D eigenvalue weighted by Gasteiger charge is 2.16. The van der Waals surface area contributed by atoms with Gasteiger partial charge in [-0.3, -0.25) is 5.41 Å². The Morgan fingerprint density at radius 3 is 2.94 bits per heavy atom. The normalized spacial score (nSPS) is 12.9. The standard InChI is InChI=1S/C11H8N2O2S/c1-2-3-13-7-4-8-9(15-6-14-8)5-10(7)16-11(13)12/h1,4-5,12H,3,6H2. The Labute approximate surface area is 95.5 Å². The molecule has 0 saturated carbocycles. The van der Waals surface area contributed by atoms with Gasteiger partial charge in [0.2, 0.25) is 6.79 Å². The van der Waals surface area contributed by atoms with E-state index >= 15 is 0 Å². The smallest absolute Gasteiger partial charge is 0.231 e. The van der Waals surface area contributed by atoms with Crippen LogP contribution in [-0.2, 0) is 6.54 Å². The second kappa shape index (κ2) is 3.29. The molecule has 80 valence electrons. The number of rotatable bonds is 1. The number of nitrogens with one attached hydrogen (secondary N) is 1. The summed E-state index contributed by atoms with van der Waals surface area (Å²) in [4.78, 5) is 0.441. The summed E-state index contributed by atoms with van der Waals surface area (Å²) >= 11 is 1.38. The molecule has 0 unspecified atom stereocenters. The van der Waals surface area contributed by atoms with Crippen LogP contribution in [0, 0.1) is 17.8 Å². The zero-order chi connectivity index (χ0) is 11.1. The van der Waals surface area contributed by atoms with Crippen LogP contribution in [0.25, 0.3) is 10.2 Å². The maximum atomic E-state index is 7.82. The third-order valence-electron chi connectivity index (χ3n) is 2.45. The number of terminal acetylenes is 1. The van der Waals surface area contributed by atoms with Crippen molar-refractivity contribution in [3.8, 4) is 23.8 Å². The summed E-state index contributed by atoms with van der Waals surface area (Å²) in [6.45, 7) is 0.661. The van der Waals surface area contributed by atoms with E-state index in [2.05, 4.69) is 5.92 Å². The quantitative estimate of drug-likeness (QED) is 0.758. The van der Waals surface area contributed by atoms with E-state index in [1.54, 1.807) is 4.57 Å². The molecule has 4 nitrogen and oxygen atoms in total. The van der Waals surface area contributed by atoms with Crippen molar-refractivity contribution >= 4 is 21.6 Å². The predicted molar refractivity (Wildman–Crippen MR) is 60.6 cm³/mol. The summed E-state index contributed by atoms with van der Waals surface area (Å²) in [6, 6.07) is 3.77. The van der Waals surface area contributed by atoms with Gasteiger partial charge in [0.25, 0.3) is 0 Å². The summed E-state index contributed by atoms with van der Waals surface area (Å²) in [5.74, 6) is 4.00. The van der Waals surface area contributed by atoms with Crippen molar-refractivity contribution in [3.63, 3.8) is 0 Å². The van der Waals surface area contributed by atoms with Crippen LogP contribution in [-0.4, -0.2) is 11.4 Å². The molecule has 3 rings (SSSR count). The van der Waals surface area contributed by atoms with Crippen molar-refractivity contribution in [1.29, 1.82) is 5.41 Å². The molecule has 1 aromatic carbocycles. The molecule has 1 aliphatic rings. The molecule has 0 saturated heterocycles. The third-order valence-corrected chi connectivity index (χ3v) is 3.41. The first kappa shape index (κ1) is 9.31. The van der Waals surface area contributed by atoms with Crippen molar-refractivity contribution in [3.05, 3.63) is 16.9 Å². The lowest BCUT2D eigenvalue weighted by Crippen LogP contribution is -2.11. The number of benzene rings is 1. The number of nitrogens with zero attached hydrogens (tertiary/aromatic N) is 1. The fourth-order valence-electron chi connectivity index (χ4n) is 1.72. The topological polar surface area (TPSA) is 47.2 Å². The Morgan fingerprint density at radius 2 is 2.19 bits per heavy atom. The first-order valence-corrected chi connectivity index (χ1v) is 5.52. The van der Waals surface area contributed by atoms with Gasteiger partial charge in [0, 0.05) is 12.1 Å². The summed E-state index contributed by atoms with van der Waals surface area (Å²) in [5.41, 5.74) is 0.928. The largest absolute Gasteiger partial charge is 0.454 e. The van der Waals surface area contributed by atoms with Gasteiger partial charge < -0.3 is 14.0 Å². The number of hydrogen-bond donors (Lipinski definition) is 1. The third kappa shape index (κ3) is 1.20. The summed E-state index contributed by atoms with van der Waals surface area (Å²) in [7, 11) is 0. The monoisotopic (exact) mass is 232 g/mol. The number of hydrogen-bond acceptors (Lipinski definition) is 4. The Hall–Kier alpha value is -1.93. The van der Waals surface area contributed by atoms with Gasteiger partial charge in [-0.05, 0) is 0 Å². The van der Waals surface area contributed by atoms with Crippen LogP contribution in [0.5, 0.6) is 11.5 Å². The zero-order valence-corrected chi connectivity index (χ0v) is 9.13. The molecule has 1 N–H and O–H groups in total. The summed E-state index contributed by atoms with van der Waals surface area (Å²) < 4.78 is 13.4. The van der Waals surface area contributed by atoms with Gasteiger partial charge in [0.1, 0.15) is 0 Å². The van der Waals surface area contributed by atoms with Crippen molar-refractivity contribution in [1.82, 2.24) is 4.57 Å². The minimum absolute atomic E-state index is 0.259. The van der Waals surface area contributed by atoms with Crippen molar-refractivity contribution in [2.24, 2.45) is 0 Å². The Kier molecular flexibility index (Phi) is 1.91. The van der Waals surface area contributed by atoms with Crippen molar-refractivity contribution < 1.29 is 9.47 Å². The van der Waals surface area contributed by atoms with Gasteiger partial charge in [-0.15, -0.1) is 6.42 Å². The fourth-order valence-corrected chi connectivity index (χ4v) is 2.64. The van der Waals surface area contributed by atoms with E-state index in [0.717, 1.165) is 21.7 Å². The molecule has 5 heteroatoms. The molecule has 16 heavy (non-hydrogen) atoms. The van der Waals surface area contributed by atoms with E-state index in [0.29, 0.717) is 11.3 Å². The average Bonchev–Trinajstić information content (AvgIpc) is 2.81. The SMILES string of the molecule is C#CCn1c(=N)sc2cc3c(cc21)OCO3. The Balaban J connectivity index is 2.32. The minimum atomic E-state index is 0.259. The molecule has 2 heterocycles. The average molecular weight is 232 g/mol. The van der Waals surface area contributed by atoms with E-state index in [-0.39, 0.29) is 6.79 Å². The molecule has 1 aromatic heterocycles. The zero-order valence-electron chi connectivity index (χ0n) is 8.32. The molecule has 0 fully saturated rings. The molecular weight excluding hydrogens is 224 g/mol. The molecule has 0 spiro atoms.